The largest absolute Gasteiger partial charge is 0.508 e. The highest BCUT2D eigenvalue weighted by molar-refractivity contribution is 5.78. The molecule has 3 N–H and O–H groups in total. The standard InChI is InChI=1S/C24H34O5/c25-20-10-9-18(7-3-1-5-11-23(13-14-23)21(26)27)19(17-20)8-4-2-6-12-24(15-16-24)22(28)29/h9-10,17,25H,1-8,11-16H2,(H,26,27)(H,28,29). The highest BCUT2D eigenvalue weighted by Gasteiger charge is 2.49. The maximum atomic E-state index is 11.2. The first-order valence-corrected chi connectivity index (χ1v) is 11.1. The molecule has 2 saturated carbocycles. The van der Waals surface area contributed by atoms with Crippen LogP contribution in [0.25, 0.3) is 0 Å². The molecule has 0 heterocycles. The third-order valence-electron chi connectivity index (χ3n) is 7.01. The molecule has 0 bridgehead atoms. The van der Waals surface area contributed by atoms with Crippen molar-refractivity contribution in [2.75, 3.05) is 0 Å². The Bertz CT molecular complexity index is 731. The summed E-state index contributed by atoms with van der Waals surface area (Å²) in [5.41, 5.74) is 1.62. The molecule has 2 fully saturated rings. The fourth-order valence-corrected chi connectivity index (χ4v) is 4.44. The molecule has 5 nitrogen and oxygen atoms in total. The Balaban J connectivity index is 1.37. The number of hydrogen-bond donors (Lipinski definition) is 3. The number of rotatable bonds is 14. The van der Waals surface area contributed by atoms with Gasteiger partial charge in [-0.25, -0.2) is 0 Å². The van der Waals surface area contributed by atoms with E-state index in [-0.39, 0.29) is 0 Å². The number of aromatic hydroxyl groups is 1. The fourth-order valence-electron chi connectivity index (χ4n) is 4.44. The molecule has 160 valence electrons. The van der Waals surface area contributed by atoms with Gasteiger partial charge in [0.15, 0.2) is 0 Å². The SMILES string of the molecule is O=C(O)C1(CCCCCc2ccc(O)cc2CCCCCC2(C(=O)O)CC2)CC1. The predicted octanol–water partition coefficient (Wildman–Crippen LogP) is 5.33. The van der Waals surface area contributed by atoms with Crippen LogP contribution < -0.4 is 0 Å². The average Bonchev–Trinajstić information content (AvgIpc) is 3.58. The molecule has 0 aliphatic heterocycles. The van der Waals surface area contributed by atoms with Crippen molar-refractivity contribution in [1.29, 1.82) is 0 Å². The van der Waals surface area contributed by atoms with Crippen LogP contribution in [0.1, 0.15) is 88.2 Å². The lowest BCUT2D eigenvalue weighted by Crippen LogP contribution is -2.14. The van der Waals surface area contributed by atoms with Crippen molar-refractivity contribution in [3.8, 4) is 5.75 Å². The van der Waals surface area contributed by atoms with Crippen molar-refractivity contribution in [2.45, 2.75) is 89.9 Å². The van der Waals surface area contributed by atoms with Crippen LogP contribution in [-0.2, 0) is 22.4 Å². The Kier molecular flexibility index (Phi) is 6.86. The van der Waals surface area contributed by atoms with Crippen LogP contribution in [0.4, 0.5) is 0 Å². The van der Waals surface area contributed by atoms with Crippen molar-refractivity contribution in [3.05, 3.63) is 29.3 Å². The topological polar surface area (TPSA) is 94.8 Å². The molecule has 5 heteroatoms. The molecule has 0 radical (unpaired) electrons. The van der Waals surface area contributed by atoms with Crippen molar-refractivity contribution in [3.63, 3.8) is 0 Å². The number of carbonyl (C=O) groups is 2. The number of phenols is 1. The van der Waals surface area contributed by atoms with E-state index in [4.69, 9.17) is 0 Å². The molecular weight excluding hydrogens is 368 g/mol. The Hall–Kier alpha value is -2.04. The van der Waals surface area contributed by atoms with Gasteiger partial charge in [-0.1, -0.05) is 31.7 Å². The molecule has 1 aromatic rings. The molecule has 0 atom stereocenters. The van der Waals surface area contributed by atoms with Gasteiger partial charge in [0.2, 0.25) is 0 Å². The van der Waals surface area contributed by atoms with Gasteiger partial charge in [0.1, 0.15) is 5.75 Å². The van der Waals surface area contributed by atoms with E-state index >= 15 is 0 Å². The number of carboxylic acids is 2. The van der Waals surface area contributed by atoms with E-state index < -0.39 is 22.8 Å². The van der Waals surface area contributed by atoms with Crippen molar-refractivity contribution < 1.29 is 24.9 Å². The van der Waals surface area contributed by atoms with E-state index in [2.05, 4.69) is 0 Å². The molecule has 0 spiro atoms. The molecule has 29 heavy (non-hydrogen) atoms. The number of benzene rings is 1. The molecule has 0 unspecified atom stereocenters. The summed E-state index contributed by atoms with van der Waals surface area (Å²) in [6.07, 6.45) is 12.8. The first kappa shape index (κ1) is 21.7. The van der Waals surface area contributed by atoms with Gasteiger partial charge in [-0.15, -0.1) is 0 Å². The van der Waals surface area contributed by atoms with E-state index in [1.807, 2.05) is 12.1 Å². The Morgan fingerprint density at radius 2 is 1.21 bits per heavy atom. The lowest BCUT2D eigenvalue weighted by Gasteiger charge is -2.12. The normalized spacial score (nSPS) is 18.3. The van der Waals surface area contributed by atoms with E-state index in [0.717, 1.165) is 89.9 Å². The first-order valence-electron chi connectivity index (χ1n) is 11.1. The van der Waals surface area contributed by atoms with Gasteiger partial charge < -0.3 is 15.3 Å². The van der Waals surface area contributed by atoms with Crippen LogP contribution >= 0.6 is 0 Å². The monoisotopic (exact) mass is 402 g/mol. The zero-order chi connectivity index (χ0) is 20.9. The summed E-state index contributed by atoms with van der Waals surface area (Å²) in [7, 11) is 0. The number of unbranched alkanes of at least 4 members (excludes halogenated alkanes) is 4. The second kappa shape index (κ2) is 9.19. The third-order valence-corrected chi connectivity index (χ3v) is 7.01. The second-order valence-electron chi connectivity index (χ2n) is 9.25. The highest BCUT2D eigenvalue weighted by Crippen LogP contribution is 2.50. The zero-order valence-electron chi connectivity index (χ0n) is 17.3. The maximum absolute atomic E-state index is 11.2. The van der Waals surface area contributed by atoms with Gasteiger partial charge in [0, 0.05) is 0 Å². The van der Waals surface area contributed by atoms with Crippen LogP contribution in [0.15, 0.2) is 18.2 Å². The van der Waals surface area contributed by atoms with Crippen LogP contribution in [0.3, 0.4) is 0 Å². The Morgan fingerprint density at radius 1 is 0.724 bits per heavy atom. The fraction of sp³-hybridized carbons (Fsp3) is 0.667. The lowest BCUT2D eigenvalue weighted by atomic mass is 9.93. The van der Waals surface area contributed by atoms with Crippen molar-refractivity contribution in [1.82, 2.24) is 0 Å². The van der Waals surface area contributed by atoms with Gasteiger partial charge in [0.25, 0.3) is 0 Å². The first-order chi connectivity index (χ1) is 13.9. The van der Waals surface area contributed by atoms with Crippen molar-refractivity contribution >= 4 is 11.9 Å². The van der Waals surface area contributed by atoms with E-state index in [1.165, 1.54) is 11.1 Å². The van der Waals surface area contributed by atoms with Gasteiger partial charge in [-0.3, -0.25) is 9.59 Å². The molecule has 3 rings (SSSR count). The minimum absolute atomic E-state index is 0.295. The zero-order valence-corrected chi connectivity index (χ0v) is 17.3. The summed E-state index contributed by atoms with van der Waals surface area (Å²) >= 11 is 0. The maximum Gasteiger partial charge on any atom is 0.309 e. The number of phenolic OH excluding ortho intramolecular Hbond substituents is 1. The number of carboxylic acid groups (broad SMARTS) is 2. The minimum Gasteiger partial charge on any atom is -0.508 e. The summed E-state index contributed by atoms with van der Waals surface area (Å²) in [6, 6.07) is 5.61. The summed E-state index contributed by atoms with van der Waals surface area (Å²) < 4.78 is 0. The molecule has 0 amide bonds. The highest BCUT2D eigenvalue weighted by atomic mass is 16.4. The summed E-state index contributed by atoms with van der Waals surface area (Å²) in [6.45, 7) is 0. The molecule has 1 aromatic carbocycles. The molecule has 0 saturated heterocycles. The van der Waals surface area contributed by atoms with E-state index in [1.54, 1.807) is 6.07 Å². The molecular formula is C24H34O5. The quantitative estimate of drug-likeness (QED) is 0.366. The van der Waals surface area contributed by atoms with E-state index in [9.17, 15) is 24.9 Å². The summed E-state index contributed by atoms with van der Waals surface area (Å²) in [5, 5.41) is 28.3. The molecule has 2 aliphatic carbocycles. The van der Waals surface area contributed by atoms with Gasteiger partial charge in [0.05, 0.1) is 10.8 Å². The predicted molar refractivity (Wildman–Crippen MR) is 111 cm³/mol. The number of hydrogen-bond acceptors (Lipinski definition) is 3. The smallest absolute Gasteiger partial charge is 0.309 e. The Labute approximate surface area is 173 Å². The van der Waals surface area contributed by atoms with Crippen LogP contribution in [0.5, 0.6) is 5.75 Å². The second-order valence-corrected chi connectivity index (χ2v) is 9.25. The minimum atomic E-state index is -0.635. The number of aliphatic carboxylic acids is 2. The third kappa shape index (κ3) is 5.74. The van der Waals surface area contributed by atoms with Gasteiger partial charge >= 0.3 is 11.9 Å². The van der Waals surface area contributed by atoms with Crippen molar-refractivity contribution in [2.24, 2.45) is 10.8 Å². The van der Waals surface area contributed by atoms with Crippen LogP contribution in [0.2, 0.25) is 0 Å². The van der Waals surface area contributed by atoms with Crippen LogP contribution in [0, 0.1) is 10.8 Å². The summed E-state index contributed by atoms with van der Waals surface area (Å²) in [5.74, 6) is -0.971. The molecule has 0 aromatic heterocycles. The number of aryl methyl sites for hydroxylation is 2. The van der Waals surface area contributed by atoms with Gasteiger partial charge in [-0.05, 0) is 87.5 Å². The summed E-state index contributed by atoms with van der Waals surface area (Å²) in [4.78, 5) is 22.5. The Morgan fingerprint density at radius 3 is 1.66 bits per heavy atom. The van der Waals surface area contributed by atoms with Gasteiger partial charge in [-0.2, -0.15) is 0 Å². The molecule has 2 aliphatic rings. The lowest BCUT2D eigenvalue weighted by molar-refractivity contribution is -0.144. The van der Waals surface area contributed by atoms with Crippen LogP contribution in [-0.4, -0.2) is 27.3 Å². The van der Waals surface area contributed by atoms with E-state index in [0.29, 0.717) is 5.75 Å². The average molecular weight is 403 g/mol.